The first kappa shape index (κ1) is 14.6. The lowest BCUT2D eigenvalue weighted by molar-refractivity contribution is -0.139. The van der Waals surface area contributed by atoms with Gasteiger partial charge in [-0.25, -0.2) is 9.48 Å². The summed E-state index contributed by atoms with van der Waals surface area (Å²) >= 11 is 6.33. The Morgan fingerprint density at radius 1 is 1.45 bits per heavy atom. The standard InChI is InChI=1S/C15H15ClN4O2/c1-3-22-14(21)12-9(2)19-15-17-8-18-20(15)13(12)10-6-4-5-7-11(10)16/h4-8,13H,3H2,1-2H3,(H,17,18,19). The zero-order valence-electron chi connectivity index (χ0n) is 12.2. The van der Waals surface area contributed by atoms with E-state index in [1.165, 1.54) is 6.33 Å². The van der Waals surface area contributed by atoms with Crippen molar-refractivity contribution < 1.29 is 9.53 Å². The number of hydrogen-bond donors (Lipinski definition) is 1. The summed E-state index contributed by atoms with van der Waals surface area (Å²) in [5.41, 5.74) is 1.94. The number of nitrogens with one attached hydrogen (secondary N) is 1. The molecule has 0 aliphatic carbocycles. The van der Waals surface area contributed by atoms with Crippen LogP contribution in [0.15, 0.2) is 41.9 Å². The molecule has 0 radical (unpaired) electrons. The van der Waals surface area contributed by atoms with Gasteiger partial charge < -0.3 is 10.1 Å². The van der Waals surface area contributed by atoms with Crippen LogP contribution in [0, 0.1) is 0 Å². The smallest absolute Gasteiger partial charge is 0.338 e. The van der Waals surface area contributed by atoms with E-state index in [2.05, 4.69) is 15.4 Å². The van der Waals surface area contributed by atoms with Gasteiger partial charge in [0.25, 0.3) is 0 Å². The van der Waals surface area contributed by atoms with Gasteiger partial charge in [-0.05, 0) is 19.9 Å². The number of hydrogen-bond acceptors (Lipinski definition) is 5. The minimum Gasteiger partial charge on any atom is -0.463 e. The summed E-state index contributed by atoms with van der Waals surface area (Å²) in [4.78, 5) is 16.6. The molecule has 1 aromatic carbocycles. The molecular weight excluding hydrogens is 304 g/mol. The van der Waals surface area contributed by atoms with E-state index in [4.69, 9.17) is 16.3 Å². The lowest BCUT2D eigenvalue weighted by Crippen LogP contribution is -2.29. The number of esters is 1. The van der Waals surface area contributed by atoms with Gasteiger partial charge in [0, 0.05) is 16.3 Å². The molecule has 0 fully saturated rings. The van der Waals surface area contributed by atoms with Crippen LogP contribution in [0.4, 0.5) is 5.95 Å². The normalized spacial score (nSPS) is 17.0. The molecule has 2 aromatic rings. The minimum absolute atomic E-state index is 0.301. The molecule has 114 valence electrons. The van der Waals surface area contributed by atoms with Gasteiger partial charge in [0.2, 0.25) is 5.95 Å². The molecule has 1 aromatic heterocycles. The number of carbonyl (C=O) groups is 1. The summed E-state index contributed by atoms with van der Waals surface area (Å²) in [6.07, 6.45) is 1.44. The predicted molar refractivity (Wildman–Crippen MR) is 82.6 cm³/mol. The van der Waals surface area contributed by atoms with E-state index in [0.29, 0.717) is 28.8 Å². The molecule has 0 amide bonds. The molecular formula is C15H15ClN4O2. The van der Waals surface area contributed by atoms with Crippen molar-refractivity contribution >= 4 is 23.5 Å². The molecule has 1 aliphatic heterocycles. The molecule has 1 atom stereocenters. The Labute approximate surface area is 132 Å². The molecule has 0 spiro atoms. The average molecular weight is 319 g/mol. The summed E-state index contributed by atoms with van der Waals surface area (Å²) in [6.45, 7) is 3.89. The first-order chi connectivity index (χ1) is 10.6. The van der Waals surface area contributed by atoms with Gasteiger partial charge >= 0.3 is 5.97 Å². The highest BCUT2D eigenvalue weighted by Gasteiger charge is 2.35. The van der Waals surface area contributed by atoms with E-state index in [0.717, 1.165) is 5.56 Å². The number of aromatic nitrogens is 3. The fourth-order valence-corrected chi connectivity index (χ4v) is 2.79. The van der Waals surface area contributed by atoms with E-state index in [1.807, 2.05) is 25.1 Å². The minimum atomic E-state index is -0.466. The number of nitrogens with zero attached hydrogens (tertiary/aromatic N) is 3. The maximum absolute atomic E-state index is 12.4. The Morgan fingerprint density at radius 2 is 2.23 bits per heavy atom. The third-order valence-electron chi connectivity index (χ3n) is 3.49. The zero-order valence-corrected chi connectivity index (χ0v) is 13.0. The fourth-order valence-electron chi connectivity index (χ4n) is 2.55. The average Bonchev–Trinajstić information content (AvgIpc) is 2.94. The number of fused-ring (bicyclic) bond motifs is 1. The van der Waals surface area contributed by atoms with Gasteiger partial charge in [0.05, 0.1) is 12.2 Å². The van der Waals surface area contributed by atoms with Crippen LogP contribution in [0.5, 0.6) is 0 Å². The second kappa shape index (κ2) is 5.81. The quantitative estimate of drug-likeness (QED) is 0.881. The number of rotatable bonds is 3. The predicted octanol–water partition coefficient (Wildman–Crippen LogP) is 2.78. The van der Waals surface area contributed by atoms with E-state index in [9.17, 15) is 4.79 Å². The van der Waals surface area contributed by atoms with Crippen molar-refractivity contribution in [1.82, 2.24) is 14.8 Å². The van der Waals surface area contributed by atoms with Crippen molar-refractivity contribution in [2.45, 2.75) is 19.9 Å². The second-order valence-electron chi connectivity index (χ2n) is 4.84. The summed E-state index contributed by atoms with van der Waals surface area (Å²) in [7, 11) is 0. The van der Waals surface area contributed by atoms with Crippen LogP contribution in [0.25, 0.3) is 0 Å². The van der Waals surface area contributed by atoms with Crippen LogP contribution in [0.2, 0.25) is 5.02 Å². The summed E-state index contributed by atoms with van der Waals surface area (Å²) in [5.74, 6) is 0.175. The highest BCUT2D eigenvalue weighted by Crippen LogP contribution is 2.37. The Hall–Kier alpha value is -2.34. The number of allylic oxidation sites excluding steroid dienone is 1. The topological polar surface area (TPSA) is 69.0 Å². The number of ether oxygens (including phenoxy) is 1. The summed E-state index contributed by atoms with van der Waals surface area (Å²) < 4.78 is 6.83. The van der Waals surface area contributed by atoms with Crippen LogP contribution in [-0.4, -0.2) is 27.3 Å². The van der Waals surface area contributed by atoms with E-state index < -0.39 is 12.0 Å². The number of benzene rings is 1. The van der Waals surface area contributed by atoms with Crippen molar-refractivity contribution in [2.75, 3.05) is 11.9 Å². The number of anilines is 1. The Balaban J connectivity index is 2.18. The van der Waals surface area contributed by atoms with Gasteiger partial charge in [0.1, 0.15) is 12.4 Å². The van der Waals surface area contributed by atoms with E-state index >= 15 is 0 Å². The third kappa shape index (κ3) is 2.35. The Morgan fingerprint density at radius 3 is 2.95 bits per heavy atom. The summed E-state index contributed by atoms with van der Waals surface area (Å²) in [5, 5.41) is 7.86. The monoisotopic (exact) mass is 318 g/mol. The zero-order chi connectivity index (χ0) is 15.7. The number of halogens is 1. The summed E-state index contributed by atoms with van der Waals surface area (Å²) in [6, 6.07) is 6.91. The van der Waals surface area contributed by atoms with Gasteiger partial charge in [-0.15, -0.1) is 0 Å². The maximum Gasteiger partial charge on any atom is 0.338 e. The van der Waals surface area contributed by atoms with Crippen molar-refractivity contribution in [3.63, 3.8) is 0 Å². The molecule has 1 unspecified atom stereocenters. The molecule has 3 rings (SSSR count). The molecule has 22 heavy (non-hydrogen) atoms. The molecule has 0 saturated heterocycles. The van der Waals surface area contributed by atoms with Crippen molar-refractivity contribution in [3.8, 4) is 0 Å². The molecule has 1 N–H and O–H groups in total. The van der Waals surface area contributed by atoms with Gasteiger partial charge in [-0.2, -0.15) is 10.1 Å². The van der Waals surface area contributed by atoms with Crippen LogP contribution >= 0.6 is 11.6 Å². The molecule has 6 nitrogen and oxygen atoms in total. The van der Waals surface area contributed by atoms with Gasteiger partial charge in [-0.1, -0.05) is 29.8 Å². The lowest BCUT2D eigenvalue weighted by atomic mass is 9.96. The third-order valence-corrected chi connectivity index (χ3v) is 3.83. The molecule has 1 aliphatic rings. The highest BCUT2D eigenvalue weighted by atomic mass is 35.5. The van der Waals surface area contributed by atoms with Crippen LogP contribution in [0.3, 0.4) is 0 Å². The molecule has 0 bridgehead atoms. The lowest BCUT2D eigenvalue weighted by Gasteiger charge is -2.28. The Bertz CT molecular complexity index is 754. The van der Waals surface area contributed by atoms with E-state index in [1.54, 1.807) is 17.7 Å². The van der Waals surface area contributed by atoms with Crippen LogP contribution < -0.4 is 5.32 Å². The first-order valence-electron chi connectivity index (χ1n) is 6.92. The van der Waals surface area contributed by atoms with Crippen LogP contribution in [0.1, 0.15) is 25.5 Å². The van der Waals surface area contributed by atoms with Crippen molar-refractivity contribution in [1.29, 1.82) is 0 Å². The number of carbonyl (C=O) groups excluding carboxylic acids is 1. The van der Waals surface area contributed by atoms with Crippen molar-refractivity contribution in [2.24, 2.45) is 0 Å². The SMILES string of the molecule is CCOC(=O)C1=C(C)Nc2ncnn2C1c1ccccc1Cl. The molecule has 7 heteroatoms. The van der Waals surface area contributed by atoms with Gasteiger partial charge in [-0.3, -0.25) is 0 Å². The fraction of sp³-hybridized carbons (Fsp3) is 0.267. The molecule has 2 heterocycles. The van der Waals surface area contributed by atoms with E-state index in [-0.39, 0.29) is 0 Å². The second-order valence-corrected chi connectivity index (χ2v) is 5.24. The highest BCUT2D eigenvalue weighted by molar-refractivity contribution is 6.31. The van der Waals surface area contributed by atoms with Crippen LogP contribution in [-0.2, 0) is 9.53 Å². The maximum atomic E-state index is 12.4. The Kier molecular flexibility index (Phi) is 3.85. The largest absolute Gasteiger partial charge is 0.463 e. The first-order valence-corrected chi connectivity index (χ1v) is 7.30. The van der Waals surface area contributed by atoms with Gasteiger partial charge in [0.15, 0.2) is 0 Å². The molecule has 0 saturated carbocycles. The van der Waals surface area contributed by atoms with Crippen molar-refractivity contribution in [3.05, 3.63) is 52.4 Å².